The topological polar surface area (TPSA) is 53.3 Å². The van der Waals surface area contributed by atoms with Gasteiger partial charge in [-0.3, -0.25) is 9.80 Å². The van der Waals surface area contributed by atoms with Gasteiger partial charge in [-0.05, 0) is 39.6 Å². The molecule has 0 aliphatic carbocycles. The first-order valence-corrected chi connectivity index (χ1v) is 11.2. The minimum atomic E-state index is 0.0297. The summed E-state index contributed by atoms with van der Waals surface area (Å²) in [6.45, 7) is 9.49. The van der Waals surface area contributed by atoms with Crippen molar-refractivity contribution in [3.05, 3.63) is 70.7 Å². The van der Waals surface area contributed by atoms with Crippen molar-refractivity contribution < 1.29 is 0 Å². The van der Waals surface area contributed by atoms with E-state index >= 15 is 0 Å². The van der Waals surface area contributed by atoms with Gasteiger partial charge in [-0.15, -0.1) is 23.0 Å². The maximum absolute atomic E-state index is 4.49. The maximum Gasteiger partial charge on any atom is 0.173 e. The highest BCUT2D eigenvalue weighted by Gasteiger charge is 2.30. The highest BCUT2D eigenvalue weighted by atomic mass is 32.1. The molecule has 3 heterocycles. The Morgan fingerprint density at radius 1 is 1.13 bits per heavy atom. The Balaban J connectivity index is 1.64. The Bertz CT molecular complexity index is 925. The molecule has 0 N–H and O–H groups in total. The number of thiophene rings is 1. The second kappa shape index (κ2) is 9.51. The van der Waals surface area contributed by atoms with E-state index in [9.17, 15) is 0 Å². The van der Waals surface area contributed by atoms with E-state index in [-0.39, 0.29) is 6.04 Å². The number of anilines is 1. The molecule has 1 atom stereocenters. The number of aromatic nitrogens is 4. The van der Waals surface area contributed by atoms with Gasteiger partial charge in [0.1, 0.15) is 0 Å². The number of rotatable bonds is 8. The summed E-state index contributed by atoms with van der Waals surface area (Å²) in [5.74, 6) is 0.901. The molecule has 0 amide bonds. The van der Waals surface area contributed by atoms with Crippen LogP contribution in [-0.2, 0) is 6.54 Å². The van der Waals surface area contributed by atoms with Gasteiger partial charge in [0.15, 0.2) is 5.82 Å². The van der Waals surface area contributed by atoms with Crippen LogP contribution in [0.25, 0.3) is 0 Å². The van der Waals surface area contributed by atoms with Crippen LogP contribution in [0.4, 0.5) is 5.69 Å². The Morgan fingerprint density at radius 3 is 2.53 bits per heavy atom. The van der Waals surface area contributed by atoms with E-state index in [1.807, 2.05) is 10.8 Å². The molecule has 0 spiro atoms. The molecular formula is C22H29N7S. The molecule has 30 heavy (non-hydrogen) atoms. The largest absolute Gasteiger partial charge is 0.378 e. The lowest BCUT2D eigenvalue weighted by atomic mass is 10.0. The second-order valence-corrected chi connectivity index (χ2v) is 8.82. The predicted octanol–water partition coefficient (Wildman–Crippen LogP) is 2.74. The summed E-state index contributed by atoms with van der Waals surface area (Å²) in [6.07, 6.45) is 1.98. The fraction of sp³-hybridized carbons (Fsp3) is 0.409. The van der Waals surface area contributed by atoms with Crippen LogP contribution in [0.1, 0.15) is 22.3 Å². The summed E-state index contributed by atoms with van der Waals surface area (Å²) in [6, 6.07) is 13.0. The summed E-state index contributed by atoms with van der Waals surface area (Å²) in [5.41, 5.74) is 2.41. The van der Waals surface area contributed by atoms with Crippen LogP contribution < -0.4 is 4.90 Å². The van der Waals surface area contributed by atoms with E-state index in [1.54, 1.807) is 11.3 Å². The number of hydrogen-bond acceptors (Lipinski definition) is 7. The third kappa shape index (κ3) is 4.61. The van der Waals surface area contributed by atoms with Crippen molar-refractivity contribution >= 4 is 17.0 Å². The van der Waals surface area contributed by atoms with Crippen molar-refractivity contribution in [3.8, 4) is 0 Å². The maximum atomic E-state index is 4.49. The van der Waals surface area contributed by atoms with Gasteiger partial charge >= 0.3 is 0 Å². The molecule has 2 aromatic heterocycles. The van der Waals surface area contributed by atoms with Gasteiger partial charge in [0.2, 0.25) is 0 Å². The van der Waals surface area contributed by atoms with E-state index in [2.05, 4.69) is 92.7 Å². The summed E-state index contributed by atoms with van der Waals surface area (Å²) in [4.78, 5) is 8.31. The zero-order valence-corrected chi connectivity index (χ0v) is 18.5. The molecule has 1 aromatic carbocycles. The first kappa shape index (κ1) is 20.7. The molecule has 7 nitrogen and oxygen atoms in total. The first-order chi connectivity index (χ1) is 14.7. The molecule has 1 unspecified atom stereocenters. The lowest BCUT2D eigenvalue weighted by Crippen LogP contribution is -2.48. The lowest BCUT2D eigenvalue weighted by Gasteiger charge is -2.38. The molecule has 4 rings (SSSR count). The second-order valence-electron chi connectivity index (χ2n) is 7.79. The van der Waals surface area contributed by atoms with Gasteiger partial charge in [0.05, 0.1) is 12.6 Å². The molecule has 1 aliphatic heterocycles. The number of hydrogen-bond donors (Lipinski definition) is 0. The molecule has 1 aliphatic rings. The van der Waals surface area contributed by atoms with Crippen molar-refractivity contribution in [3.63, 3.8) is 0 Å². The lowest BCUT2D eigenvalue weighted by molar-refractivity contribution is 0.113. The van der Waals surface area contributed by atoms with Gasteiger partial charge in [0, 0.05) is 57.4 Å². The standard InChI is InChI=1S/C22H29N7S/c1-4-11-27-12-14-28(15-13-27)21(18-7-9-19(10-8-18)26(2)3)22-23-24-25-29(22)17-20-6-5-16-30-20/h4-10,16,21H,1,11-15,17H2,2-3H3. The third-order valence-corrected chi connectivity index (χ3v) is 6.44. The minimum Gasteiger partial charge on any atom is -0.378 e. The van der Waals surface area contributed by atoms with Crippen molar-refractivity contribution in [2.24, 2.45) is 0 Å². The van der Waals surface area contributed by atoms with E-state index in [4.69, 9.17) is 0 Å². The van der Waals surface area contributed by atoms with Gasteiger partial charge in [0.25, 0.3) is 0 Å². The normalized spacial score (nSPS) is 16.5. The minimum absolute atomic E-state index is 0.0297. The molecule has 0 radical (unpaired) electrons. The summed E-state index contributed by atoms with van der Waals surface area (Å²) >= 11 is 1.73. The SMILES string of the molecule is C=CCN1CCN(C(c2ccc(N(C)C)cc2)c2nnnn2Cc2cccs2)CC1. The van der Waals surface area contributed by atoms with Crippen LogP contribution in [0.15, 0.2) is 54.4 Å². The average molecular weight is 424 g/mol. The number of piperazine rings is 1. The molecule has 1 saturated heterocycles. The molecule has 8 heteroatoms. The van der Waals surface area contributed by atoms with Crippen molar-refractivity contribution in [1.82, 2.24) is 30.0 Å². The van der Waals surface area contributed by atoms with Gasteiger partial charge in [-0.2, -0.15) is 0 Å². The fourth-order valence-corrected chi connectivity index (χ4v) is 4.62. The van der Waals surface area contributed by atoms with Crippen LogP contribution in [0, 0.1) is 0 Å². The molecule has 0 saturated carbocycles. The van der Waals surface area contributed by atoms with Crippen LogP contribution in [0.5, 0.6) is 0 Å². The first-order valence-electron chi connectivity index (χ1n) is 10.3. The third-order valence-electron chi connectivity index (χ3n) is 5.57. The smallest absolute Gasteiger partial charge is 0.173 e. The monoisotopic (exact) mass is 423 g/mol. The molecule has 158 valence electrons. The van der Waals surface area contributed by atoms with Crippen LogP contribution in [0.3, 0.4) is 0 Å². The number of benzene rings is 1. The van der Waals surface area contributed by atoms with Gasteiger partial charge in [-0.1, -0.05) is 24.3 Å². The zero-order chi connectivity index (χ0) is 20.9. The number of nitrogens with zero attached hydrogens (tertiary/aromatic N) is 7. The van der Waals surface area contributed by atoms with Gasteiger partial charge < -0.3 is 4.90 Å². The Hall–Kier alpha value is -2.55. The summed E-state index contributed by atoms with van der Waals surface area (Å²) in [7, 11) is 4.12. The van der Waals surface area contributed by atoms with Crippen molar-refractivity contribution in [1.29, 1.82) is 0 Å². The molecule has 0 bridgehead atoms. The highest BCUT2D eigenvalue weighted by molar-refractivity contribution is 7.09. The summed E-state index contributed by atoms with van der Waals surface area (Å²) in [5, 5.41) is 14.9. The Labute approximate surface area is 182 Å². The van der Waals surface area contributed by atoms with Crippen molar-refractivity contribution in [2.75, 3.05) is 51.7 Å². The van der Waals surface area contributed by atoms with E-state index < -0.39 is 0 Å². The van der Waals surface area contributed by atoms with Crippen LogP contribution in [0.2, 0.25) is 0 Å². The molecule has 3 aromatic rings. The average Bonchev–Trinajstić information content (AvgIpc) is 3.43. The fourth-order valence-electron chi connectivity index (χ4n) is 3.93. The van der Waals surface area contributed by atoms with Gasteiger partial charge in [-0.25, -0.2) is 4.68 Å². The zero-order valence-electron chi connectivity index (χ0n) is 17.7. The number of tetrazole rings is 1. The van der Waals surface area contributed by atoms with Crippen LogP contribution in [-0.4, -0.2) is 76.8 Å². The van der Waals surface area contributed by atoms with Crippen LogP contribution >= 0.6 is 11.3 Å². The quantitative estimate of drug-likeness (QED) is 0.520. The van der Waals surface area contributed by atoms with E-state index in [0.29, 0.717) is 6.54 Å². The predicted molar refractivity (Wildman–Crippen MR) is 122 cm³/mol. The summed E-state index contributed by atoms with van der Waals surface area (Å²) < 4.78 is 1.95. The Morgan fingerprint density at radius 2 is 1.90 bits per heavy atom. The highest BCUT2D eigenvalue weighted by Crippen LogP contribution is 2.30. The molecule has 1 fully saturated rings. The Kier molecular flexibility index (Phi) is 6.56. The van der Waals surface area contributed by atoms with Crippen molar-refractivity contribution in [2.45, 2.75) is 12.6 Å². The van der Waals surface area contributed by atoms with E-state index in [1.165, 1.54) is 16.1 Å². The van der Waals surface area contributed by atoms with E-state index in [0.717, 1.165) is 38.5 Å². The molecular weight excluding hydrogens is 394 g/mol.